The molecule has 0 bridgehead atoms. The van der Waals surface area contributed by atoms with Crippen molar-refractivity contribution < 1.29 is 13.6 Å². The van der Waals surface area contributed by atoms with E-state index in [0.29, 0.717) is 13.0 Å². The fourth-order valence-electron chi connectivity index (χ4n) is 1.48. The molecular formula is C10H14F2N2O. The lowest BCUT2D eigenvalue weighted by atomic mass is 10.1. The molecule has 1 aliphatic rings. The van der Waals surface area contributed by atoms with E-state index in [1.54, 1.807) is 17.1 Å². The van der Waals surface area contributed by atoms with Crippen molar-refractivity contribution in [2.45, 2.75) is 12.8 Å². The maximum Gasteiger partial charge on any atom is 0.272 e. The van der Waals surface area contributed by atoms with Crippen molar-refractivity contribution in [1.82, 2.24) is 10.2 Å². The molecule has 1 N–H and O–H groups in total. The number of nitrogens with one attached hydrogen (secondary N) is 1. The lowest BCUT2D eigenvalue weighted by Crippen LogP contribution is -2.56. The Morgan fingerprint density at radius 2 is 2.20 bits per heavy atom. The molecule has 5 heteroatoms. The number of halogens is 2. The van der Waals surface area contributed by atoms with Gasteiger partial charge in [-0.05, 0) is 12.5 Å². The van der Waals surface area contributed by atoms with E-state index in [4.69, 9.17) is 0 Å². The quantitative estimate of drug-likeness (QED) is 0.552. The van der Waals surface area contributed by atoms with Gasteiger partial charge in [0.2, 0.25) is 6.41 Å². The van der Waals surface area contributed by atoms with Gasteiger partial charge in [0.05, 0.1) is 13.1 Å². The monoisotopic (exact) mass is 216 g/mol. The maximum absolute atomic E-state index is 12.5. The van der Waals surface area contributed by atoms with Gasteiger partial charge in [0.25, 0.3) is 5.92 Å². The van der Waals surface area contributed by atoms with Gasteiger partial charge < -0.3 is 5.32 Å². The molecule has 1 rings (SSSR count). The second kappa shape index (κ2) is 5.02. The van der Waals surface area contributed by atoms with Gasteiger partial charge in [-0.1, -0.05) is 12.2 Å². The van der Waals surface area contributed by atoms with Gasteiger partial charge in [0, 0.05) is 12.7 Å². The average Bonchev–Trinajstić information content (AvgIpc) is 2.11. The largest absolute Gasteiger partial charge is 0.335 e. The fourth-order valence-corrected chi connectivity index (χ4v) is 1.48. The lowest BCUT2D eigenvalue weighted by Gasteiger charge is -2.38. The van der Waals surface area contributed by atoms with E-state index in [0.717, 1.165) is 5.57 Å². The molecule has 1 aliphatic heterocycles. The van der Waals surface area contributed by atoms with Crippen molar-refractivity contribution in [3.05, 3.63) is 23.9 Å². The number of hydrogen-bond acceptors (Lipinski definition) is 2. The zero-order chi connectivity index (χ0) is 11.3. The van der Waals surface area contributed by atoms with Gasteiger partial charge >= 0.3 is 0 Å². The zero-order valence-electron chi connectivity index (χ0n) is 8.54. The summed E-state index contributed by atoms with van der Waals surface area (Å²) < 4.78 is 25.1. The molecule has 0 spiro atoms. The molecule has 1 heterocycles. The summed E-state index contributed by atoms with van der Waals surface area (Å²) in [5, 5.41) is 2.40. The molecule has 0 unspecified atom stereocenters. The number of hydrogen-bond donors (Lipinski definition) is 1. The third-order valence-electron chi connectivity index (χ3n) is 2.03. The van der Waals surface area contributed by atoms with E-state index in [9.17, 15) is 13.6 Å². The number of alkyl halides is 2. The number of amides is 1. The van der Waals surface area contributed by atoms with Gasteiger partial charge in [0.15, 0.2) is 0 Å². The Hall–Kier alpha value is -1.23. The third-order valence-corrected chi connectivity index (χ3v) is 2.03. The van der Waals surface area contributed by atoms with Gasteiger partial charge in [-0.15, -0.1) is 0 Å². The minimum atomic E-state index is -2.54. The number of likely N-dealkylation sites (tertiary alicyclic amines) is 1. The molecule has 0 radical (unpaired) electrons. The molecule has 1 saturated heterocycles. The molecule has 0 aromatic carbocycles. The molecule has 1 fully saturated rings. The van der Waals surface area contributed by atoms with Crippen LogP contribution in [0, 0.1) is 0 Å². The summed E-state index contributed by atoms with van der Waals surface area (Å²) >= 11 is 0. The summed E-state index contributed by atoms with van der Waals surface area (Å²) in [5.41, 5.74) is 0.806. The summed E-state index contributed by atoms with van der Waals surface area (Å²) in [7, 11) is 0. The number of carbonyl (C=O) groups is 1. The Bertz CT molecular complexity index is 279. The number of allylic oxidation sites excluding steroid dienone is 1. The standard InChI is InChI=1S/C10H14F2N2O/c1-2-3-9(4-13-8-15)5-14-6-10(11,12)7-14/h2-4,8H,5-7H2,1H3,(H,13,15)/b3-2-,9-4+. The molecule has 1 amide bonds. The fraction of sp³-hybridized carbons (Fsp3) is 0.500. The lowest BCUT2D eigenvalue weighted by molar-refractivity contribution is -0.126. The van der Waals surface area contributed by atoms with Crippen LogP contribution in [-0.4, -0.2) is 36.9 Å². The van der Waals surface area contributed by atoms with Gasteiger partial charge in [-0.3, -0.25) is 9.69 Å². The van der Waals surface area contributed by atoms with Crippen LogP contribution in [0.1, 0.15) is 6.92 Å². The summed E-state index contributed by atoms with van der Waals surface area (Å²) in [6.07, 6.45) is 5.65. The van der Waals surface area contributed by atoms with Crippen molar-refractivity contribution in [2.24, 2.45) is 0 Å². The molecule has 0 aromatic heterocycles. The van der Waals surface area contributed by atoms with E-state index in [1.807, 2.05) is 6.92 Å². The summed E-state index contributed by atoms with van der Waals surface area (Å²) in [4.78, 5) is 11.7. The molecule has 84 valence electrons. The van der Waals surface area contributed by atoms with Crippen LogP contribution in [0.4, 0.5) is 8.78 Å². The first-order chi connectivity index (χ1) is 7.07. The molecule has 3 nitrogen and oxygen atoms in total. The van der Waals surface area contributed by atoms with Crippen molar-refractivity contribution in [3.63, 3.8) is 0 Å². The minimum Gasteiger partial charge on any atom is -0.335 e. The molecular weight excluding hydrogens is 202 g/mol. The molecule has 0 saturated carbocycles. The van der Waals surface area contributed by atoms with Crippen molar-refractivity contribution in [3.8, 4) is 0 Å². The maximum atomic E-state index is 12.5. The zero-order valence-corrected chi connectivity index (χ0v) is 8.54. The third kappa shape index (κ3) is 3.79. The van der Waals surface area contributed by atoms with E-state index in [-0.39, 0.29) is 13.1 Å². The molecule has 0 atom stereocenters. The number of nitrogens with zero attached hydrogens (tertiary/aromatic N) is 1. The van der Waals surface area contributed by atoms with Crippen LogP contribution in [0.2, 0.25) is 0 Å². The van der Waals surface area contributed by atoms with Crippen molar-refractivity contribution in [2.75, 3.05) is 19.6 Å². The molecule has 0 aromatic rings. The van der Waals surface area contributed by atoms with Crippen LogP contribution in [0.3, 0.4) is 0 Å². The van der Waals surface area contributed by atoms with E-state index < -0.39 is 5.92 Å². The first-order valence-electron chi connectivity index (χ1n) is 4.69. The van der Waals surface area contributed by atoms with Gasteiger partial charge in [-0.2, -0.15) is 0 Å². The summed E-state index contributed by atoms with van der Waals surface area (Å²) in [6.45, 7) is 1.85. The number of rotatable bonds is 5. The Balaban J connectivity index is 2.43. The van der Waals surface area contributed by atoms with Gasteiger partial charge in [0.1, 0.15) is 0 Å². The van der Waals surface area contributed by atoms with E-state index in [2.05, 4.69) is 5.32 Å². The van der Waals surface area contributed by atoms with E-state index in [1.165, 1.54) is 6.20 Å². The molecule has 0 aliphatic carbocycles. The normalized spacial score (nSPS) is 21.4. The predicted octanol–water partition coefficient (Wildman–Crippen LogP) is 1.14. The highest BCUT2D eigenvalue weighted by atomic mass is 19.3. The van der Waals surface area contributed by atoms with Crippen LogP contribution >= 0.6 is 0 Å². The van der Waals surface area contributed by atoms with Crippen LogP contribution in [0.15, 0.2) is 23.9 Å². The van der Waals surface area contributed by atoms with Crippen molar-refractivity contribution >= 4 is 6.41 Å². The molecule has 15 heavy (non-hydrogen) atoms. The first-order valence-corrected chi connectivity index (χ1v) is 4.69. The van der Waals surface area contributed by atoms with Gasteiger partial charge in [-0.25, -0.2) is 8.78 Å². The Labute approximate surface area is 87.4 Å². The van der Waals surface area contributed by atoms with E-state index >= 15 is 0 Å². The smallest absolute Gasteiger partial charge is 0.272 e. The Kier molecular flexibility index (Phi) is 3.96. The van der Waals surface area contributed by atoms with Crippen LogP contribution in [0.25, 0.3) is 0 Å². The predicted molar refractivity (Wildman–Crippen MR) is 53.5 cm³/mol. The van der Waals surface area contributed by atoms with Crippen LogP contribution < -0.4 is 5.32 Å². The van der Waals surface area contributed by atoms with Crippen molar-refractivity contribution in [1.29, 1.82) is 0 Å². The highest BCUT2D eigenvalue weighted by Crippen LogP contribution is 2.27. The second-order valence-electron chi connectivity index (χ2n) is 3.50. The SMILES string of the molecule is C/C=C\C(=C/NC=O)CN1CC(F)(F)C1. The topological polar surface area (TPSA) is 32.3 Å². The van der Waals surface area contributed by atoms with Crippen LogP contribution in [0.5, 0.6) is 0 Å². The second-order valence-corrected chi connectivity index (χ2v) is 3.50. The first kappa shape index (κ1) is 11.8. The Morgan fingerprint density at radius 1 is 1.53 bits per heavy atom. The summed E-state index contributed by atoms with van der Waals surface area (Å²) in [5.74, 6) is -2.54. The Morgan fingerprint density at radius 3 is 2.67 bits per heavy atom. The minimum absolute atomic E-state index is 0.205. The highest BCUT2D eigenvalue weighted by molar-refractivity contribution is 5.48. The number of carbonyl (C=O) groups excluding carboxylic acids is 1. The highest BCUT2D eigenvalue weighted by Gasteiger charge is 2.43. The van der Waals surface area contributed by atoms with Crippen LogP contribution in [-0.2, 0) is 4.79 Å². The average molecular weight is 216 g/mol. The summed E-state index contributed by atoms with van der Waals surface area (Å²) in [6, 6.07) is 0.